The van der Waals surface area contributed by atoms with E-state index in [-0.39, 0.29) is 12.0 Å². The Hall–Kier alpha value is -1.79. The van der Waals surface area contributed by atoms with Crippen LogP contribution in [0.1, 0.15) is 24.0 Å². The zero-order valence-electron chi connectivity index (χ0n) is 15.6. The maximum Gasteiger partial charge on any atom is 0.191 e. The van der Waals surface area contributed by atoms with Crippen molar-refractivity contribution >= 4 is 5.96 Å². The lowest BCUT2D eigenvalue weighted by Gasteiger charge is -2.27. The van der Waals surface area contributed by atoms with E-state index in [0.29, 0.717) is 19.8 Å². The summed E-state index contributed by atoms with van der Waals surface area (Å²) in [5, 5.41) is 15.9. The largest absolute Gasteiger partial charge is 0.491 e. The molecule has 3 N–H and O–H groups in total. The summed E-state index contributed by atoms with van der Waals surface area (Å²) in [6.45, 7) is 7.71. The van der Waals surface area contributed by atoms with Crippen molar-refractivity contribution in [1.82, 2.24) is 10.6 Å². The van der Waals surface area contributed by atoms with Gasteiger partial charge < -0.3 is 25.2 Å². The highest BCUT2D eigenvalue weighted by molar-refractivity contribution is 5.79. The summed E-state index contributed by atoms with van der Waals surface area (Å²) in [7, 11) is 1.76. The average Bonchev–Trinajstić information content (AvgIpc) is 3.05. The Balaban J connectivity index is 1.75. The van der Waals surface area contributed by atoms with Crippen molar-refractivity contribution in [3.63, 3.8) is 0 Å². The summed E-state index contributed by atoms with van der Waals surface area (Å²) in [5.74, 6) is 1.70. The highest BCUT2D eigenvalue weighted by Gasteiger charge is 2.34. The zero-order chi connectivity index (χ0) is 18.1. The zero-order valence-corrected chi connectivity index (χ0v) is 15.6. The molecule has 1 saturated heterocycles. The molecule has 2 rings (SSSR count). The minimum Gasteiger partial charge on any atom is -0.491 e. The number of para-hydroxylation sites is 1. The van der Waals surface area contributed by atoms with E-state index in [1.165, 1.54) is 0 Å². The first-order chi connectivity index (χ1) is 12.1. The molecule has 1 unspecified atom stereocenters. The average molecular weight is 349 g/mol. The Morgan fingerprint density at radius 2 is 2.08 bits per heavy atom. The third-order valence-electron chi connectivity index (χ3n) is 4.73. The van der Waals surface area contributed by atoms with Gasteiger partial charge >= 0.3 is 0 Å². The molecule has 1 aromatic carbocycles. The highest BCUT2D eigenvalue weighted by atomic mass is 16.5. The second kappa shape index (κ2) is 9.63. The number of nitrogens with one attached hydrogen (secondary N) is 2. The highest BCUT2D eigenvalue weighted by Crippen LogP contribution is 2.31. The van der Waals surface area contributed by atoms with Crippen molar-refractivity contribution < 1.29 is 14.6 Å². The minimum atomic E-state index is 0.00112. The van der Waals surface area contributed by atoms with Gasteiger partial charge in [0.05, 0.1) is 13.2 Å². The molecule has 25 heavy (non-hydrogen) atoms. The van der Waals surface area contributed by atoms with E-state index in [4.69, 9.17) is 9.47 Å². The Bertz CT molecular complexity index is 549. The SMILES string of the molecule is CN=C(NCCOc1c(C)cccc1C)NCC1(CCO)CCOC1. The number of benzene rings is 1. The number of aryl methyl sites for hydroxylation is 2. The summed E-state index contributed by atoms with van der Waals surface area (Å²) < 4.78 is 11.4. The van der Waals surface area contributed by atoms with E-state index in [2.05, 4.69) is 41.6 Å². The van der Waals surface area contributed by atoms with Gasteiger partial charge in [0.1, 0.15) is 12.4 Å². The van der Waals surface area contributed by atoms with Crippen LogP contribution in [0.15, 0.2) is 23.2 Å². The van der Waals surface area contributed by atoms with Crippen LogP contribution in [-0.4, -0.2) is 57.6 Å². The van der Waals surface area contributed by atoms with Crippen LogP contribution in [0, 0.1) is 19.3 Å². The van der Waals surface area contributed by atoms with Gasteiger partial charge in [0, 0.05) is 32.2 Å². The van der Waals surface area contributed by atoms with Crippen LogP contribution in [0.5, 0.6) is 5.75 Å². The summed E-state index contributed by atoms with van der Waals surface area (Å²) in [6.07, 6.45) is 1.71. The van der Waals surface area contributed by atoms with Crippen molar-refractivity contribution in [3.05, 3.63) is 29.3 Å². The predicted molar refractivity (Wildman–Crippen MR) is 100 cm³/mol. The second-order valence-electron chi connectivity index (χ2n) is 6.70. The number of nitrogens with zero attached hydrogens (tertiary/aromatic N) is 1. The van der Waals surface area contributed by atoms with Gasteiger partial charge in [-0.05, 0) is 37.8 Å². The lowest BCUT2D eigenvalue weighted by Crippen LogP contribution is -2.45. The molecule has 0 aliphatic carbocycles. The van der Waals surface area contributed by atoms with Gasteiger partial charge in [0.2, 0.25) is 0 Å². The fraction of sp³-hybridized carbons (Fsp3) is 0.632. The fourth-order valence-electron chi connectivity index (χ4n) is 3.15. The molecule has 0 aromatic heterocycles. The molecule has 0 radical (unpaired) electrons. The van der Waals surface area contributed by atoms with Crippen molar-refractivity contribution in [1.29, 1.82) is 0 Å². The number of aliphatic imine (C=N–C) groups is 1. The van der Waals surface area contributed by atoms with Crippen LogP contribution in [0.25, 0.3) is 0 Å². The molecule has 1 aromatic rings. The van der Waals surface area contributed by atoms with Gasteiger partial charge in [-0.25, -0.2) is 0 Å². The fourth-order valence-corrected chi connectivity index (χ4v) is 3.15. The van der Waals surface area contributed by atoms with Gasteiger partial charge in [-0.15, -0.1) is 0 Å². The Morgan fingerprint density at radius 1 is 1.32 bits per heavy atom. The van der Waals surface area contributed by atoms with Crippen LogP contribution in [0.2, 0.25) is 0 Å². The Labute approximate surface area is 150 Å². The van der Waals surface area contributed by atoms with E-state index in [1.54, 1.807) is 7.05 Å². The van der Waals surface area contributed by atoms with Crippen LogP contribution < -0.4 is 15.4 Å². The van der Waals surface area contributed by atoms with Gasteiger partial charge in [-0.1, -0.05) is 18.2 Å². The molecule has 140 valence electrons. The molecular formula is C19H31N3O3. The summed E-state index contributed by atoms with van der Waals surface area (Å²) in [6, 6.07) is 6.15. The van der Waals surface area contributed by atoms with Gasteiger partial charge in [-0.2, -0.15) is 0 Å². The van der Waals surface area contributed by atoms with Crippen LogP contribution >= 0.6 is 0 Å². The van der Waals surface area contributed by atoms with Crippen molar-refractivity contribution in [3.8, 4) is 5.75 Å². The first-order valence-corrected chi connectivity index (χ1v) is 8.92. The molecule has 1 aliphatic rings. The number of ether oxygens (including phenoxy) is 2. The normalized spacial score (nSPS) is 20.6. The van der Waals surface area contributed by atoms with Crippen LogP contribution in [0.3, 0.4) is 0 Å². The van der Waals surface area contributed by atoms with E-state index in [1.807, 2.05) is 6.07 Å². The Morgan fingerprint density at radius 3 is 2.68 bits per heavy atom. The predicted octanol–water partition coefficient (Wildman–Crippen LogP) is 1.64. The third kappa shape index (κ3) is 5.61. The van der Waals surface area contributed by atoms with E-state index in [9.17, 15) is 5.11 Å². The molecule has 1 atom stereocenters. The summed E-state index contributed by atoms with van der Waals surface area (Å²) in [4.78, 5) is 4.26. The first kappa shape index (κ1) is 19.5. The molecular weight excluding hydrogens is 318 g/mol. The molecule has 0 bridgehead atoms. The maximum absolute atomic E-state index is 9.29. The third-order valence-corrected chi connectivity index (χ3v) is 4.73. The quantitative estimate of drug-likeness (QED) is 0.378. The topological polar surface area (TPSA) is 75.1 Å². The van der Waals surface area contributed by atoms with Crippen molar-refractivity contribution in [2.75, 3.05) is 46.6 Å². The smallest absolute Gasteiger partial charge is 0.191 e. The van der Waals surface area contributed by atoms with Crippen molar-refractivity contribution in [2.45, 2.75) is 26.7 Å². The molecule has 1 fully saturated rings. The molecule has 0 amide bonds. The van der Waals surface area contributed by atoms with Gasteiger partial charge in [0.15, 0.2) is 5.96 Å². The monoisotopic (exact) mass is 349 g/mol. The number of aliphatic hydroxyl groups excluding tert-OH is 1. The number of hydrogen-bond donors (Lipinski definition) is 3. The van der Waals surface area contributed by atoms with Gasteiger partial charge in [0.25, 0.3) is 0 Å². The number of hydrogen-bond acceptors (Lipinski definition) is 4. The molecule has 1 heterocycles. The van der Waals surface area contributed by atoms with E-state index >= 15 is 0 Å². The van der Waals surface area contributed by atoms with Crippen molar-refractivity contribution in [2.24, 2.45) is 10.4 Å². The lowest BCUT2D eigenvalue weighted by molar-refractivity contribution is 0.127. The molecule has 1 aliphatic heterocycles. The van der Waals surface area contributed by atoms with Crippen LogP contribution in [0.4, 0.5) is 0 Å². The standard InChI is InChI=1S/C19H31N3O3/c1-15-5-4-6-16(2)17(15)25-12-9-21-18(20-3)22-13-19(7-10-23)8-11-24-14-19/h4-6,23H,7-14H2,1-3H3,(H2,20,21,22). The second-order valence-corrected chi connectivity index (χ2v) is 6.70. The maximum atomic E-state index is 9.29. The van der Waals surface area contributed by atoms with Gasteiger partial charge in [-0.3, -0.25) is 4.99 Å². The number of guanidine groups is 1. The summed E-state index contributed by atoms with van der Waals surface area (Å²) in [5.41, 5.74) is 2.30. The molecule has 0 spiro atoms. The molecule has 6 nitrogen and oxygen atoms in total. The molecule has 6 heteroatoms. The lowest BCUT2D eigenvalue weighted by atomic mass is 9.84. The number of aliphatic hydroxyl groups is 1. The first-order valence-electron chi connectivity index (χ1n) is 8.92. The minimum absolute atomic E-state index is 0.00112. The van der Waals surface area contributed by atoms with E-state index < -0.39 is 0 Å². The number of rotatable bonds is 8. The molecule has 0 saturated carbocycles. The summed E-state index contributed by atoms with van der Waals surface area (Å²) >= 11 is 0. The Kier molecular flexibility index (Phi) is 7.52. The van der Waals surface area contributed by atoms with E-state index in [0.717, 1.165) is 48.8 Å². The van der Waals surface area contributed by atoms with Crippen LogP contribution in [-0.2, 0) is 4.74 Å².